The highest BCUT2D eigenvalue weighted by Crippen LogP contribution is 2.34. The molecule has 6 nitrogen and oxygen atoms in total. The van der Waals surface area contributed by atoms with Crippen molar-refractivity contribution in [1.29, 1.82) is 0 Å². The Morgan fingerprint density at radius 2 is 2.05 bits per heavy atom. The number of halogens is 1. The van der Waals surface area contributed by atoms with Crippen molar-refractivity contribution in [3.05, 3.63) is 28.3 Å². The maximum atomic E-state index is 12.0. The van der Waals surface area contributed by atoms with Crippen LogP contribution in [0.5, 0.6) is 0 Å². The molecule has 1 aliphatic heterocycles. The lowest BCUT2D eigenvalue weighted by Gasteiger charge is -2.18. The minimum Gasteiger partial charge on any atom is -0.610 e. The van der Waals surface area contributed by atoms with E-state index in [1.807, 2.05) is 0 Å². The summed E-state index contributed by atoms with van der Waals surface area (Å²) in [6.07, 6.45) is 2.22. The smallest absolute Gasteiger partial charge is 0.340 e. The summed E-state index contributed by atoms with van der Waals surface area (Å²) in [7, 11) is 1.21. The van der Waals surface area contributed by atoms with Crippen LogP contribution in [0.25, 0.3) is 0 Å². The molecule has 8 heteroatoms. The van der Waals surface area contributed by atoms with Crippen LogP contribution in [0.4, 0.5) is 5.69 Å². The Morgan fingerprint density at radius 1 is 1.36 bits per heavy atom. The molecule has 0 saturated carbocycles. The molecule has 1 saturated heterocycles. The van der Waals surface area contributed by atoms with Gasteiger partial charge in [0.15, 0.2) is 0 Å². The van der Waals surface area contributed by atoms with Crippen LogP contribution in [0.15, 0.2) is 17.1 Å². The fraction of sp³-hybridized carbons (Fsp3) is 0.357. The zero-order chi connectivity index (χ0) is 16.3. The molecule has 0 aromatic heterocycles. The number of methoxy groups -OCH3 is 1. The minimum atomic E-state index is -1.24. The normalized spacial score (nSPS) is 20.0. The Hall–Kier alpha value is -1.57. The van der Waals surface area contributed by atoms with Crippen LogP contribution in [-0.4, -0.2) is 39.5 Å². The quantitative estimate of drug-likeness (QED) is 0.672. The number of hydrogen-bond acceptors (Lipinski definition) is 5. The van der Waals surface area contributed by atoms with Gasteiger partial charge < -0.3 is 14.4 Å². The largest absolute Gasteiger partial charge is 0.610 e. The number of aliphatic imine (C=N–C) groups is 1. The third-order valence-corrected chi connectivity index (χ3v) is 5.08. The first kappa shape index (κ1) is 16.8. The lowest BCUT2D eigenvalue weighted by Crippen LogP contribution is -2.23. The summed E-state index contributed by atoms with van der Waals surface area (Å²) in [4.78, 5) is 27.2. The second kappa shape index (κ2) is 7.13. The van der Waals surface area contributed by atoms with Gasteiger partial charge >= 0.3 is 11.9 Å². The number of carbonyl (C=O) groups excluding carboxylic acids is 1. The van der Waals surface area contributed by atoms with Crippen LogP contribution in [0.3, 0.4) is 0 Å². The summed E-state index contributed by atoms with van der Waals surface area (Å²) in [6.45, 7) is 0. The van der Waals surface area contributed by atoms with Crippen LogP contribution in [0.1, 0.15) is 40.0 Å². The van der Waals surface area contributed by atoms with E-state index in [1.54, 1.807) is 0 Å². The monoisotopic (exact) mass is 343 g/mol. The first-order chi connectivity index (χ1) is 10.5. The Bertz CT molecular complexity index is 646. The number of esters is 1. The van der Waals surface area contributed by atoms with Gasteiger partial charge in [-0.1, -0.05) is 11.6 Å². The van der Waals surface area contributed by atoms with E-state index < -0.39 is 23.1 Å². The zero-order valence-electron chi connectivity index (χ0n) is 11.8. The standard InChI is InChI=1S/C14H14ClNO5S/c1-21-14(19)9-6-5-8(13(17)18)11(15)12(9)16-10-4-2-3-7-22(10)20/h5-6H,2-4,7H2,1H3,(H,17,18). The summed E-state index contributed by atoms with van der Waals surface area (Å²) in [5.41, 5.74) is -0.124. The molecule has 0 radical (unpaired) electrons. The Kier molecular flexibility index (Phi) is 5.44. The van der Waals surface area contributed by atoms with Crippen LogP contribution in [-0.2, 0) is 15.9 Å². The molecule has 0 amide bonds. The van der Waals surface area contributed by atoms with Crippen LogP contribution in [0.2, 0.25) is 5.02 Å². The molecule has 0 spiro atoms. The van der Waals surface area contributed by atoms with Gasteiger partial charge in [0.25, 0.3) is 0 Å². The number of nitrogens with zero attached hydrogens (tertiary/aromatic N) is 1. The number of carboxylic acids is 1. The summed E-state index contributed by atoms with van der Waals surface area (Å²) < 4.78 is 16.6. The predicted octanol–water partition coefficient (Wildman–Crippen LogP) is 2.79. The van der Waals surface area contributed by atoms with Crippen molar-refractivity contribution < 1.29 is 24.0 Å². The highest BCUT2D eigenvalue weighted by Gasteiger charge is 2.26. The number of aromatic carboxylic acids is 1. The zero-order valence-corrected chi connectivity index (χ0v) is 13.4. The fourth-order valence-corrected chi connectivity index (χ4v) is 3.64. The molecule has 1 aromatic carbocycles. The predicted molar refractivity (Wildman–Crippen MR) is 83.7 cm³/mol. The molecule has 0 aliphatic carbocycles. The lowest BCUT2D eigenvalue weighted by molar-refractivity contribution is 0.0599. The highest BCUT2D eigenvalue weighted by atomic mass is 35.5. The van der Waals surface area contributed by atoms with Gasteiger partial charge in [-0.3, -0.25) is 0 Å². The Labute approximate surface area is 135 Å². The van der Waals surface area contributed by atoms with Gasteiger partial charge in [-0.05, 0) is 25.0 Å². The van der Waals surface area contributed by atoms with E-state index in [9.17, 15) is 14.1 Å². The van der Waals surface area contributed by atoms with Gasteiger partial charge in [0.1, 0.15) is 11.4 Å². The fourth-order valence-electron chi connectivity index (χ4n) is 2.09. The number of rotatable bonds is 3. The van der Waals surface area contributed by atoms with E-state index in [0.717, 1.165) is 12.8 Å². The molecule has 2 rings (SSSR count). The molecule has 118 valence electrons. The molecule has 22 heavy (non-hydrogen) atoms. The molecule has 0 bridgehead atoms. The highest BCUT2D eigenvalue weighted by molar-refractivity contribution is 8.06. The van der Waals surface area contributed by atoms with Crippen molar-refractivity contribution in [2.24, 2.45) is 4.99 Å². The molecule has 1 N–H and O–H groups in total. The van der Waals surface area contributed by atoms with Gasteiger partial charge in [0, 0.05) is 17.6 Å². The van der Waals surface area contributed by atoms with E-state index in [2.05, 4.69) is 9.73 Å². The molecular formula is C14H14ClNO5S. The van der Waals surface area contributed by atoms with Crippen molar-refractivity contribution in [1.82, 2.24) is 0 Å². The van der Waals surface area contributed by atoms with E-state index in [1.165, 1.54) is 19.2 Å². The van der Waals surface area contributed by atoms with E-state index in [0.29, 0.717) is 17.2 Å². The maximum absolute atomic E-state index is 12.0. The van der Waals surface area contributed by atoms with E-state index in [-0.39, 0.29) is 21.8 Å². The lowest BCUT2D eigenvalue weighted by atomic mass is 10.1. The Morgan fingerprint density at radius 3 is 2.64 bits per heavy atom. The summed E-state index contributed by atoms with van der Waals surface area (Å²) in [5.74, 6) is -1.41. The summed E-state index contributed by atoms with van der Waals surface area (Å²) in [6, 6.07) is 2.52. The molecule has 1 unspecified atom stereocenters. The number of ether oxygens (including phenoxy) is 1. The molecular weight excluding hydrogens is 330 g/mol. The van der Waals surface area contributed by atoms with Gasteiger partial charge in [-0.25, -0.2) is 14.6 Å². The first-order valence-corrected chi connectivity index (χ1v) is 8.25. The van der Waals surface area contributed by atoms with E-state index >= 15 is 0 Å². The summed E-state index contributed by atoms with van der Waals surface area (Å²) >= 11 is 4.85. The molecule has 1 aliphatic rings. The average Bonchev–Trinajstić information content (AvgIpc) is 2.50. The average molecular weight is 344 g/mol. The SMILES string of the molecule is COC(=O)c1ccc(C(=O)O)c(Cl)c1N=C1CCCC[S+]1[O-]. The minimum absolute atomic E-state index is 0.00123. The maximum Gasteiger partial charge on any atom is 0.340 e. The molecule has 1 aromatic rings. The number of carbonyl (C=O) groups is 2. The second-order valence-electron chi connectivity index (χ2n) is 4.63. The third-order valence-electron chi connectivity index (χ3n) is 3.22. The first-order valence-electron chi connectivity index (χ1n) is 6.55. The van der Waals surface area contributed by atoms with Crippen LogP contribution >= 0.6 is 11.6 Å². The van der Waals surface area contributed by atoms with Gasteiger partial charge in [-0.15, -0.1) is 0 Å². The topological polar surface area (TPSA) is 99.0 Å². The van der Waals surface area contributed by atoms with Gasteiger partial charge in [-0.2, -0.15) is 0 Å². The van der Waals surface area contributed by atoms with Crippen LogP contribution in [0, 0.1) is 0 Å². The van der Waals surface area contributed by atoms with Crippen molar-refractivity contribution in [2.75, 3.05) is 12.9 Å². The molecule has 1 heterocycles. The van der Waals surface area contributed by atoms with Crippen LogP contribution < -0.4 is 0 Å². The number of hydrogen-bond donors (Lipinski definition) is 1. The van der Waals surface area contributed by atoms with Crippen molar-refractivity contribution >= 4 is 45.4 Å². The second-order valence-corrected chi connectivity index (χ2v) is 6.58. The number of benzene rings is 1. The molecule has 1 atom stereocenters. The summed E-state index contributed by atoms with van der Waals surface area (Å²) in [5, 5.41) is 9.38. The molecule has 1 fully saturated rings. The van der Waals surface area contributed by atoms with Crippen molar-refractivity contribution in [2.45, 2.75) is 19.3 Å². The van der Waals surface area contributed by atoms with Crippen molar-refractivity contribution in [3.63, 3.8) is 0 Å². The van der Waals surface area contributed by atoms with Gasteiger partial charge in [0.2, 0.25) is 5.04 Å². The number of carboxylic acid groups (broad SMARTS) is 1. The Balaban J connectivity index is 2.59. The van der Waals surface area contributed by atoms with Crippen molar-refractivity contribution in [3.8, 4) is 0 Å². The third kappa shape index (κ3) is 3.43. The van der Waals surface area contributed by atoms with Gasteiger partial charge in [0.05, 0.1) is 23.3 Å². The van der Waals surface area contributed by atoms with E-state index in [4.69, 9.17) is 16.7 Å².